The lowest BCUT2D eigenvalue weighted by molar-refractivity contribution is 0.0584. The van der Waals surface area contributed by atoms with Crippen molar-refractivity contribution in [2.45, 2.75) is 63.9 Å². The largest absolute Gasteiger partial charge is 0.508 e. The lowest BCUT2D eigenvalue weighted by Gasteiger charge is -2.31. The number of carbonyl (C=O) groups excluding carboxylic acids is 2. The number of ether oxygens (including phenoxy) is 1. The Kier molecular flexibility index (Phi) is 12.4. The maximum Gasteiger partial charge on any atom is 0.411 e. The van der Waals surface area contributed by atoms with Crippen LogP contribution < -0.4 is 5.32 Å². The quantitative estimate of drug-likeness (QED) is 0.188. The number of piperidine rings is 1. The smallest absolute Gasteiger partial charge is 0.411 e. The van der Waals surface area contributed by atoms with Crippen molar-refractivity contribution in [3.8, 4) is 16.9 Å². The maximum atomic E-state index is 13.9. The Hall–Kier alpha value is -3.91. The zero-order valence-corrected chi connectivity index (χ0v) is 25.1. The van der Waals surface area contributed by atoms with E-state index in [1.54, 1.807) is 11.9 Å². The topological polar surface area (TPSA) is 82.1 Å². The highest BCUT2D eigenvalue weighted by atomic mass is 19.1. The molecule has 43 heavy (non-hydrogen) atoms. The number of nitrogens with zero attached hydrogens (tertiary/aromatic N) is 2. The van der Waals surface area contributed by atoms with Crippen LogP contribution in [0.1, 0.15) is 68.1 Å². The van der Waals surface area contributed by atoms with Crippen molar-refractivity contribution >= 4 is 17.7 Å². The fourth-order valence-corrected chi connectivity index (χ4v) is 5.56. The zero-order valence-electron chi connectivity index (χ0n) is 25.1. The molecule has 0 saturated carbocycles. The standard InChI is InChI=1S/C35H44FN3O4/c1-38(34(41)31-19-18-28(40)26-32(31)36)22-12-5-3-2-4-6-13-23-39-24-20-29(21-25-39)43-35(42)37-33-17-11-10-16-30(33)27-14-8-7-9-15-27/h7-11,14-19,26,29,40H,2-6,12-13,20-25H2,1H3,(H,37,42). The van der Waals surface area contributed by atoms with Gasteiger partial charge in [-0.2, -0.15) is 0 Å². The average Bonchev–Trinajstić information content (AvgIpc) is 3.01. The van der Waals surface area contributed by atoms with E-state index in [0.29, 0.717) is 6.54 Å². The number of phenolic OH excluding ortho intramolecular Hbond substituents is 1. The van der Waals surface area contributed by atoms with Gasteiger partial charge in [-0.1, -0.05) is 80.6 Å². The number of hydrogen-bond donors (Lipinski definition) is 2. The molecule has 1 aliphatic heterocycles. The summed E-state index contributed by atoms with van der Waals surface area (Å²) >= 11 is 0. The van der Waals surface area contributed by atoms with E-state index in [0.717, 1.165) is 81.0 Å². The van der Waals surface area contributed by atoms with E-state index in [-0.39, 0.29) is 23.3 Å². The van der Waals surface area contributed by atoms with Crippen molar-refractivity contribution in [2.75, 3.05) is 38.5 Å². The molecule has 3 aromatic carbocycles. The van der Waals surface area contributed by atoms with Gasteiger partial charge in [0.2, 0.25) is 0 Å². The van der Waals surface area contributed by atoms with Crippen LogP contribution in [0.5, 0.6) is 5.75 Å². The molecule has 2 amide bonds. The fourth-order valence-electron chi connectivity index (χ4n) is 5.56. The molecule has 1 aliphatic rings. The monoisotopic (exact) mass is 589 g/mol. The molecule has 1 heterocycles. The Morgan fingerprint density at radius 3 is 2.28 bits per heavy atom. The molecule has 0 unspecified atom stereocenters. The normalized spacial score (nSPS) is 13.9. The first-order valence-corrected chi connectivity index (χ1v) is 15.5. The Morgan fingerprint density at radius 2 is 1.56 bits per heavy atom. The minimum Gasteiger partial charge on any atom is -0.508 e. The second-order valence-electron chi connectivity index (χ2n) is 11.3. The molecule has 2 N–H and O–H groups in total. The number of carbonyl (C=O) groups is 2. The minimum atomic E-state index is -0.696. The van der Waals surface area contributed by atoms with Crippen LogP contribution in [-0.2, 0) is 4.74 Å². The van der Waals surface area contributed by atoms with E-state index in [4.69, 9.17) is 4.74 Å². The van der Waals surface area contributed by atoms with Gasteiger partial charge >= 0.3 is 6.09 Å². The molecule has 230 valence electrons. The molecule has 3 aromatic rings. The van der Waals surface area contributed by atoms with Crippen LogP contribution in [0, 0.1) is 5.82 Å². The molecular weight excluding hydrogens is 545 g/mol. The third-order valence-electron chi connectivity index (χ3n) is 8.05. The van der Waals surface area contributed by atoms with Gasteiger partial charge in [-0.15, -0.1) is 0 Å². The highest BCUT2D eigenvalue weighted by molar-refractivity contribution is 5.94. The van der Waals surface area contributed by atoms with Gasteiger partial charge in [0.15, 0.2) is 0 Å². The molecule has 0 aromatic heterocycles. The fraction of sp³-hybridized carbons (Fsp3) is 0.429. The molecule has 0 aliphatic carbocycles. The first-order chi connectivity index (χ1) is 20.9. The molecule has 0 radical (unpaired) electrons. The van der Waals surface area contributed by atoms with Crippen LogP contribution >= 0.6 is 0 Å². The van der Waals surface area contributed by atoms with Crippen molar-refractivity contribution < 1.29 is 23.8 Å². The number of unbranched alkanes of at least 4 members (excludes halogenated alkanes) is 6. The van der Waals surface area contributed by atoms with Gasteiger partial charge in [0.05, 0.1) is 11.3 Å². The van der Waals surface area contributed by atoms with E-state index < -0.39 is 11.9 Å². The van der Waals surface area contributed by atoms with E-state index in [9.17, 15) is 19.1 Å². The number of halogens is 1. The predicted molar refractivity (Wildman–Crippen MR) is 169 cm³/mol. The molecule has 4 rings (SSSR count). The van der Waals surface area contributed by atoms with Crippen molar-refractivity contribution in [1.29, 1.82) is 0 Å². The summed E-state index contributed by atoms with van der Waals surface area (Å²) in [5, 5.41) is 12.3. The number of likely N-dealkylation sites (tertiary alicyclic amines) is 1. The van der Waals surface area contributed by atoms with Crippen LogP contribution in [0.25, 0.3) is 11.1 Å². The molecule has 8 heteroatoms. The highest BCUT2D eigenvalue weighted by Crippen LogP contribution is 2.28. The number of anilines is 1. The van der Waals surface area contributed by atoms with Gasteiger partial charge in [-0.05, 0) is 56.0 Å². The molecule has 1 fully saturated rings. The molecular formula is C35H44FN3O4. The molecule has 1 saturated heterocycles. The second kappa shape index (κ2) is 16.7. The summed E-state index contributed by atoms with van der Waals surface area (Å²) in [6, 6.07) is 21.4. The highest BCUT2D eigenvalue weighted by Gasteiger charge is 2.22. The summed E-state index contributed by atoms with van der Waals surface area (Å²) in [5.41, 5.74) is 2.76. The summed E-state index contributed by atoms with van der Waals surface area (Å²) in [4.78, 5) is 29.1. The first kappa shape index (κ1) is 32.0. The van der Waals surface area contributed by atoms with Gasteiger partial charge in [0.25, 0.3) is 5.91 Å². The van der Waals surface area contributed by atoms with E-state index in [1.165, 1.54) is 31.4 Å². The van der Waals surface area contributed by atoms with Gasteiger partial charge in [-0.3, -0.25) is 10.1 Å². The summed E-state index contributed by atoms with van der Waals surface area (Å²) in [7, 11) is 1.69. The van der Waals surface area contributed by atoms with Gasteiger partial charge in [-0.25, -0.2) is 9.18 Å². The van der Waals surface area contributed by atoms with E-state index >= 15 is 0 Å². The van der Waals surface area contributed by atoms with Crippen LogP contribution in [0.3, 0.4) is 0 Å². The van der Waals surface area contributed by atoms with Gasteiger partial charge < -0.3 is 19.6 Å². The lowest BCUT2D eigenvalue weighted by atomic mass is 10.0. The van der Waals surface area contributed by atoms with E-state index in [1.807, 2.05) is 54.6 Å². The second-order valence-corrected chi connectivity index (χ2v) is 11.3. The third-order valence-corrected chi connectivity index (χ3v) is 8.05. The van der Waals surface area contributed by atoms with E-state index in [2.05, 4.69) is 10.2 Å². The first-order valence-electron chi connectivity index (χ1n) is 15.5. The molecule has 0 bridgehead atoms. The van der Waals surface area contributed by atoms with Crippen LogP contribution in [-0.4, -0.2) is 66.2 Å². The van der Waals surface area contributed by atoms with Crippen molar-refractivity contribution in [3.63, 3.8) is 0 Å². The number of rotatable bonds is 14. The predicted octanol–water partition coefficient (Wildman–Crippen LogP) is 7.71. The van der Waals surface area contributed by atoms with Crippen LogP contribution in [0.15, 0.2) is 72.8 Å². The summed E-state index contributed by atoms with van der Waals surface area (Å²) in [6.07, 6.45) is 9.01. The minimum absolute atomic E-state index is 0.0109. The number of aromatic hydroxyl groups is 1. The van der Waals surface area contributed by atoms with Crippen molar-refractivity contribution in [1.82, 2.24) is 9.80 Å². The molecule has 0 atom stereocenters. The number of phenols is 1. The summed E-state index contributed by atoms with van der Waals surface area (Å²) < 4.78 is 19.7. The van der Waals surface area contributed by atoms with Crippen LogP contribution in [0.4, 0.5) is 14.9 Å². The Labute approximate surface area is 254 Å². The zero-order chi connectivity index (χ0) is 30.4. The van der Waals surface area contributed by atoms with Gasteiger partial charge in [0, 0.05) is 38.3 Å². The molecule has 7 nitrogen and oxygen atoms in total. The number of hydrogen-bond acceptors (Lipinski definition) is 5. The lowest BCUT2D eigenvalue weighted by Crippen LogP contribution is -2.38. The van der Waals surface area contributed by atoms with Crippen LogP contribution in [0.2, 0.25) is 0 Å². The summed E-state index contributed by atoms with van der Waals surface area (Å²) in [6.45, 7) is 3.54. The Balaban J connectivity index is 1.02. The Bertz CT molecular complexity index is 1310. The summed E-state index contributed by atoms with van der Waals surface area (Å²) in [5.74, 6) is -1.24. The average molecular weight is 590 g/mol. The number of para-hydroxylation sites is 1. The third kappa shape index (κ3) is 10.1. The van der Waals surface area contributed by atoms with Crippen molar-refractivity contribution in [2.24, 2.45) is 0 Å². The maximum absolute atomic E-state index is 13.9. The Morgan fingerprint density at radius 1 is 0.907 bits per heavy atom. The number of nitrogens with one attached hydrogen (secondary N) is 1. The van der Waals surface area contributed by atoms with Gasteiger partial charge in [0.1, 0.15) is 17.7 Å². The number of amides is 2. The number of benzene rings is 3. The SMILES string of the molecule is CN(CCCCCCCCCN1CCC(OC(=O)Nc2ccccc2-c2ccccc2)CC1)C(=O)c1ccc(O)cc1F. The van der Waals surface area contributed by atoms with Crippen molar-refractivity contribution in [3.05, 3.63) is 84.2 Å². The molecule has 0 spiro atoms.